The van der Waals surface area contributed by atoms with Crippen LogP contribution in [-0.2, 0) is 13.6 Å². The summed E-state index contributed by atoms with van der Waals surface area (Å²) in [5, 5.41) is 14.0. The molecule has 0 aliphatic carbocycles. The van der Waals surface area contributed by atoms with Crippen LogP contribution in [0.25, 0.3) is 32.9 Å². The Kier molecular flexibility index (Phi) is 4.06. The van der Waals surface area contributed by atoms with Gasteiger partial charge < -0.3 is 9.88 Å². The third-order valence-electron chi connectivity index (χ3n) is 5.16. The van der Waals surface area contributed by atoms with E-state index in [9.17, 15) is 0 Å². The maximum Gasteiger partial charge on any atom is 0.156 e. The SMILES string of the molecule is Cn1cc(CNc2n[nH]c3cc(Cl)c(-c4ccccc4)cc23)c2ccccc21. The molecular weight excluding hydrogens is 368 g/mol. The summed E-state index contributed by atoms with van der Waals surface area (Å²) in [6.07, 6.45) is 2.17. The highest BCUT2D eigenvalue weighted by molar-refractivity contribution is 6.34. The Bertz CT molecular complexity index is 1280. The van der Waals surface area contributed by atoms with Crippen molar-refractivity contribution in [3.63, 3.8) is 0 Å². The summed E-state index contributed by atoms with van der Waals surface area (Å²) in [4.78, 5) is 0. The van der Waals surface area contributed by atoms with Crippen LogP contribution in [0, 0.1) is 0 Å². The molecule has 0 aliphatic rings. The molecule has 3 aromatic carbocycles. The topological polar surface area (TPSA) is 45.6 Å². The summed E-state index contributed by atoms with van der Waals surface area (Å²) in [6.45, 7) is 0.699. The second kappa shape index (κ2) is 6.73. The molecule has 0 spiro atoms. The molecule has 5 rings (SSSR count). The molecular formula is C23H19ClN4. The predicted molar refractivity (Wildman–Crippen MR) is 117 cm³/mol. The summed E-state index contributed by atoms with van der Waals surface area (Å²) in [5.74, 6) is 0.830. The van der Waals surface area contributed by atoms with Crippen molar-refractivity contribution in [3.05, 3.63) is 83.5 Å². The number of aryl methyl sites for hydroxylation is 1. The second-order valence-electron chi connectivity index (χ2n) is 6.95. The number of hydrogen-bond donors (Lipinski definition) is 2. The van der Waals surface area contributed by atoms with Crippen molar-refractivity contribution in [3.8, 4) is 11.1 Å². The van der Waals surface area contributed by atoms with Gasteiger partial charge in [-0.2, -0.15) is 5.10 Å². The minimum atomic E-state index is 0.699. The van der Waals surface area contributed by atoms with E-state index in [0.29, 0.717) is 11.6 Å². The molecule has 5 heteroatoms. The zero-order valence-corrected chi connectivity index (χ0v) is 16.2. The smallest absolute Gasteiger partial charge is 0.156 e. The lowest BCUT2D eigenvalue weighted by Gasteiger charge is -2.07. The van der Waals surface area contributed by atoms with Crippen LogP contribution in [-0.4, -0.2) is 14.8 Å². The Balaban J connectivity index is 1.51. The number of nitrogens with zero attached hydrogens (tertiary/aromatic N) is 2. The second-order valence-corrected chi connectivity index (χ2v) is 7.36. The van der Waals surface area contributed by atoms with Gasteiger partial charge in [0.05, 0.1) is 10.5 Å². The molecule has 2 aromatic heterocycles. The van der Waals surface area contributed by atoms with E-state index in [0.717, 1.165) is 27.8 Å². The Hall–Kier alpha value is -3.24. The van der Waals surface area contributed by atoms with E-state index in [2.05, 4.69) is 75.8 Å². The number of H-pyrrole nitrogens is 1. The Morgan fingerprint density at radius 3 is 2.64 bits per heavy atom. The highest BCUT2D eigenvalue weighted by atomic mass is 35.5. The predicted octanol–water partition coefficient (Wildman–Crippen LogP) is 5.99. The molecule has 28 heavy (non-hydrogen) atoms. The molecule has 0 fully saturated rings. The maximum atomic E-state index is 6.52. The van der Waals surface area contributed by atoms with E-state index >= 15 is 0 Å². The number of para-hydroxylation sites is 1. The Morgan fingerprint density at radius 2 is 1.79 bits per heavy atom. The van der Waals surface area contributed by atoms with Gasteiger partial charge in [0, 0.05) is 41.6 Å². The van der Waals surface area contributed by atoms with Gasteiger partial charge in [0.1, 0.15) is 0 Å². The minimum Gasteiger partial charge on any atom is -0.364 e. The van der Waals surface area contributed by atoms with Crippen LogP contribution in [0.4, 0.5) is 5.82 Å². The minimum absolute atomic E-state index is 0.699. The van der Waals surface area contributed by atoms with Gasteiger partial charge in [0.25, 0.3) is 0 Å². The summed E-state index contributed by atoms with van der Waals surface area (Å²) in [6, 6.07) is 22.6. The zero-order chi connectivity index (χ0) is 19.1. The van der Waals surface area contributed by atoms with E-state index in [1.807, 2.05) is 24.3 Å². The van der Waals surface area contributed by atoms with Crippen molar-refractivity contribution >= 4 is 39.2 Å². The van der Waals surface area contributed by atoms with Gasteiger partial charge in [-0.1, -0.05) is 60.1 Å². The zero-order valence-electron chi connectivity index (χ0n) is 15.4. The van der Waals surface area contributed by atoms with Crippen LogP contribution in [0.3, 0.4) is 0 Å². The summed E-state index contributed by atoms with van der Waals surface area (Å²) < 4.78 is 2.16. The maximum absolute atomic E-state index is 6.52. The molecule has 2 N–H and O–H groups in total. The molecule has 5 aromatic rings. The summed E-state index contributed by atoms with van der Waals surface area (Å²) >= 11 is 6.52. The first kappa shape index (κ1) is 16.9. The number of halogens is 1. The van der Waals surface area contributed by atoms with Crippen LogP contribution >= 0.6 is 11.6 Å². The molecule has 4 nitrogen and oxygen atoms in total. The lowest BCUT2D eigenvalue weighted by molar-refractivity contribution is 0.954. The van der Waals surface area contributed by atoms with Crippen molar-refractivity contribution in [2.45, 2.75) is 6.54 Å². The van der Waals surface area contributed by atoms with Crippen LogP contribution < -0.4 is 5.32 Å². The largest absolute Gasteiger partial charge is 0.364 e. The van der Waals surface area contributed by atoms with Gasteiger partial charge in [-0.3, -0.25) is 5.10 Å². The number of nitrogens with one attached hydrogen (secondary N) is 2. The monoisotopic (exact) mass is 386 g/mol. The number of fused-ring (bicyclic) bond motifs is 2. The average molecular weight is 387 g/mol. The molecule has 138 valence electrons. The standard InChI is InChI=1S/C23H19ClN4/c1-28-14-16(17-9-5-6-10-22(17)28)13-25-23-19-11-18(15-7-3-2-4-8-15)20(24)12-21(19)26-27-23/h2-12,14H,13H2,1H3,(H2,25,26,27). The third kappa shape index (κ3) is 2.83. The molecule has 0 amide bonds. The number of benzene rings is 3. The first-order chi connectivity index (χ1) is 13.7. The number of aromatic amines is 1. The molecule has 0 saturated heterocycles. The lowest BCUT2D eigenvalue weighted by Crippen LogP contribution is -1.99. The highest BCUT2D eigenvalue weighted by Gasteiger charge is 2.12. The van der Waals surface area contributed by atoms with Gasteiger partial charge in [-0.15, -0.1) is 0 Å². The van der Waals surface area contributed by atoms with Crippen LogP contribution in [0.5, 0.6) is 0 Å². The first-order valence-electron chi connectivity index (χ1n) is 9.20. The normalized spacial score (nSPS) is 11.4. The lowest BCUT2D eigenvalue weighted by atomic mass is 10.0. The van der Waals surface area contributed by atoms with Crippen LogP contribution in [0.2, 0.25) is 5.02 Å². The Morgan fingerprint density at radius 1 is 1.00 bits per heavy atom. The number of anilines is 1. The molecule has 0 aliphatic heterocycles. The van der Waals surface area contributed by atoms with E-state index < -0.39 is 0 Å². The van der Waals surface area contributed by atoms with Gasteiger partial charge in [0.15, 0.2) is 5.82 Å². The first-order valence-corrected chi connectivity index (χ1v) is 9.58. The molecule has 2 heterocycles. The molecule has 0 atom stereocenters. The van der Waals surface area contributed by atoms with Crippen molar-refractivity contribution in [1.29, 1.82) is 0 Å². The summed E-state index contributed by atoms with van der Waals surface area (Å²) in [7, 11) is 2.07. The fourth-order valence-corrected chi connectivity index (χ4v) is 4.03. The van der Waals surface area contributed by atoms with E-state index in [1.165, 1.54) is 16.5 Å². The van der Waals surface area contributed by atoms with Crippen LogP contribution in [0.1, 0.15) is 5.56 Å². The van der Waals surface area contributed by atoms with Crippen molar-refractivity contribution in [2.75, 3.05) is 5.32 Å². The number of aromatic nitrogens is 3. The average Bonchev–Trinajstić information content (AvgIpc) is 3.27. The van der Waals surface area contributed by atoms with E-state index in [4.69, 9.17) is 11.6 Å². The fourth-order valence-electron chi connectivity index (χ4n) is 3.76. The fraction of sp³-hybridized carbons (Fsp3) is 0.0870. The van der Waals surface area contributed by atoms with Gasteiger partial charge >= 0.3 is 0 Å². The number of hydrogen-bond acceptors (Lipinski definition) is 2. The number of rotatable bonds is 4. The highest BCUT2D eigenvalue weighted by Crippen LogP contribution is 2.34. The van der Waals surface area contributed by atoms with Gasteiger partial charge in [-0.25, -0.2) is 0 Å². The Labute approximate surface area is 167 Å². The van der Waals surface area contributed by atoms with Crippen molar-refractivity contribution in [2.24, 2.45) is 7.05 Å². The molecule has 0 saturated carbocycles. The third-order valence-corrected chi connectivity index (χ3v) is 5.47. The molecule has 0 unspecified atom stereocenters. The van der Waals surface area contributed by atoms with Crippen LogP contribution in [0.15, 0.2) is 72.9 Å². The van der Waals surface area contributed by atoms with Gasteiger partial charge in [-0.05, 0) is 29.3 Å². The quantitative estimate of drug-likeness (QED) is 0.398. The summed E-state index contributed by atoms with van der Waals surface area (Å²) in [5.41, 5.74) is 5.49. The molecule has 0 radical (unpaired) electrons. The molecule has 0 bridgehead atoms. The van der Waals surface area contributed by atoms with E-state index in [1.54, 1.807) is 0 Å². The van der Waals surface area contributed by atoms with Gasteiger partial charge in [0.2, 0.25) is 0 Å². The van der Waals surface area contributed by atoms with Crippen molar-refractivity contribution < 1.29 is 0 Å². The van der Waals surface area contributed by atoms with Crippen molar-refractivity contribution in [1.82, 2.24) is 14.8 Å². The van der Waals surface area contributed by atoms with E-state index in [-0.39, 0.29) is 0 Å².